The van der Waals surface area contributed by atoms with Crippen molar-refractivity contribution in [3.05, 3.63) is 70.7 Å². The highest BCUT2D eigenvalue weighted by molar-refractivity contribution is 9.10. The maximum absolute atomic E-state index is 12.6. The average Bonchev–Trinajstić information content (AvgIpc) is 2.50. The lowest BCUT2D eigenvalue weighted by atomic mass is 10.1. The van der Waals surface area contributed by atoms with Gasteiger partial charge < -0.3 is 0 Å². The molecule has 0 aliphatic rings. The van der Waals surface area contributed by atoms with Gasteiger partial charge in [-0.3, -0.25) is 4.72 Å². The molecule has 112 valence electrons. The number of aryl methyl sites for hydroxylation is 1. The van der Waals surface area contributed by atoms with Crippen molar-refractivity contribution in [3.63, 3.8) is 0 Å². The lowest BCUT2D eigenvalue weighted by molar-refractivity contribution is 0.601. The van der Waals surface area contributed by atoms with E-state index in [0.29, 0.717) is 10.2 Å². The first-order chi connectivity index (χ1) is 10.5. The van der Waals surface area contributed by atoms with Crippen molar-refractivity contribution in [3.8, 4) is 0 Å². The van der Waals surface area contributed by atoms with Crippen LogP contribution in [0.25, 0.3) is 10.8 Å². The molecule has 3 aromatic carbocycles. The summed E-state index contributed by atoms with van der Waals surface area (Å²) in [5.74, 6) is 0. The molecular weight excluding hydrogens is 362 g/mol. The maximum atomic E-state index is 12.6. The van der Waals surface area contributed by atoms with Gasteiger partial charge in [-0.05, 0) is 46.4 Å². The molecule has 0 aliphatic heterocycles. The maximum Gasteiger partial charge on any atom is 0.261 e. The second kappa shape index (κ2) is 5.74. The van der Waals surface area contributed by atoms with Crippen LogP contribution >= 0.6 is 15.9 Å². The smallest absolute Gasteiger partial charge is 0.261 e. The standard InChI is InChI=1S/C17H14BrNO2S/c1-12-6-9-14(10-7-12)22(20,21)19-17-15-5-3-2-4-13(15)8-11-16(17)18/h2-11,19H,1H3. The molecule has 0 heterocycles. The Morgan fingerprint density at radius 2 is 1.59 bits per heavy atom. The number of anilines is 1. The van der Waals surface area contributed by atoms with Gasteiger partial charge in [0.2, 0.25) is 0 Å². The molecule has 0 saturated heterocycles. The normalized spacial score (nSPS) is 11.5. The molecule has 0 spiro atoms. The number of nitrogens with one attached hydrogen (secondary N) is 1. The Balaban J connectivity index is 2.09. The minimum absolute atomic E-state index is 0.248. The second-order valence-electron chi connectivity index (χ2n) is 5.06. The summed E-state index contributed by atoms with van der Waals surface area (Å²) in [6.45, 7) is 1.92. The average molecular weight is 376 g/mol. The van der Waals surface area contributed by atoms with Gasteiger partial charge in [0, 0.05) is 9.86 Å². The van der Waals surface area contributed by atoms with Gasteiger partial charge in [0.05, 0.1) is 10.6 Å². The monoisotopic (exact) mass is 375 g/mol. The fourth-order valence-electron chi connectivity index (χ4n) is 2.26. The Kier molecular flexibility index (Phi) is 3.93. The second-order valence-corrected chi connectivity index (χ2v) is 7.60. The van der Waals surface area contributed by atoms with Crippen LogP contribution in [0.4, 0.5) is 5.69 Å². The summed E-state index contributed by atoms with van der Waals surface area (Å²) in [7, 11) is -3.62. The molecular formula is C17H14BrNO2S. The van der Waals surface area contributed by atoms with Crippen LogP contribution in [-0.4, -0.2) is 8.42 Å². The van der Waals surface area contributed by atoms with E-state index in [-0.39, 0.29) is 4.90 Å². The molecule has 0 amide bonds. The number of fused-ring (bicyclic) bond motifs is 1. The Morgan fingerprint density at radius 1 is 0.909 bits per heavy atom. The zero-order valence-electron chi connectivity index (χ0n) is 11.9. The molecule has 3 nitrogen and oxygen atoms in total. The number of halogens is 1. The van der Waals surface area contributed by atoms with Gasteiger partial charge in [-0.2, -0.15) is 0 Å². The highest BCUT2D eigenvalue weighted by atomic mass is 79.9. The SMILES string of the molecule is Cc1ccc(S(=O)(=O)Nc2c(Br)ccc3ccccc23)cc1. The van der Waals surface area contributed by atoms with Crippen LogP contribution in [0.3, 0.4) is 0 Å². The van der Waals surface area contributed by atoms with Crippen molar-refractivity contribution in [2.45, 2.75) is 11.8 Å². The van der Waals surface area contributed by atoms with Crippen LogP contribution in [0.5, 0.6) is 0 Å². The Morgan fingerprint density at radius 3 is 2.32 bits per heavy atom. The zero-order chi connectivity index (χ0) is 15.7. The minimum atomic E-state index is -3.62. The highest BCUT2D eigenvalue weighted by Crippen LogP contribution is 2.33. The Hall–Kier alpha value is -1.85. The van der Waals surface area contributed by atoms with Crippen molar-refractivity contribution in [1.29, 1.82) is 0 Å². The molecule has 0 radical (unpaired) electrons. The van der Waals surface area contributed by atoms with E-state index >= 15 is 0 Å². The molecule has 5 heteroatoms. The van der Waals surface area contributed by atoms with Crippen LogP contribution in [0, 0.1) is 6.92 Å². The van der Waals surface area contributed by atoms with Crippen LogP contribution in [0.1, 0.15) is 5.56 Å². The van der Waals surface area contributed by atoms with E-state index in [1.807, 2.05) is 43.3 Å². The summed E-state index contributed by atoms with van der Waals surface area (Å²) < 4.78 is 28.6. The molecule has 0 unspecified atom stereocenters. The van der Waals surface area contributed by atoms with Crippen molar-refractivity contribution in [2.24, 2.45) is 0 Å². The van der Waals surface area contributed by atoms with Crippen LogP contribution in [0.2, 0.25) is 0 Å². The zero-order valence-corrected chi connectivity index (χ0v) is 14.3. The van der Waals surface area contributed by atoms with Gasteiger partial charge in [0.25, 0.3) is 10.0 Å². The third-order valence-electron chi connectivity index (χ3n) is 3.45. The van der Waals surface area contributed by atoms with E-state index in [1.54, 1.807) is 24.3 Å². The van der Waals surface area contributed by atoms with E-state index in [4.69, 9.17) is 0 Å². The van der Waals surface area contributed by atoms with Crippen LogP contribution < -0.4 is 4.72 Å². The summed E-state index contributed by atoms with van der Waals surface area (Å²) in [6, 6.07) is 18.2. The molecule has 0 atom stereocenters. The minimum Gasteiger partial charge on any atom is -0.278 e. The topological polar surface area (TPSA) is 46.2 Å². The molecule has 0 aromatic heterocycles. The van der Waals surface area contributed by atoms with E-state index in [0.717, 1.165) is 16.3 Å². The third kappa shape index (κ3) is 2.87. The molecule has 3 aromatic rings. The summed E-state index contributed by atoms with van der Waals surface area (Å²) in [4.78, 5) is 0.248. The lowest BCUT2D eigenvalue weighted by Crippen LogP contribution is -2.13. The van der Waals surface area contributed by atoms with Crippen LogP contribution in [0.15, 0.2) is 70.0 Å². The molecule has 0 saturated carbocycles. The predicted octanol–water partition coefficient (Wildman–Crippen LogP) is 4.71. The molecule has 0 aliphatic carbocycles. The van der Waals surface area contributed by atoms with Crippen molar-refractivity contribution >= 4 is 42.4 Å². The molecule has 0 bridgehead atoms. The predicted molar refractivity (Wildman–Crippen MR) is 93.6 cm³/mol. The summed E-state index contributed by atoms with van der Waals surface area (Å²) in [6.07, 6.45) is 0. The number of hydrogen-bond acceptors (Lipinski definition) is 2. The van der Waals surface area contributed by atoms with Crippen molar-refractivity contribution in [2.75, 3.05) is 4.72 Å². The van der Waals surface area contributed by atoms with Gasteiger partial charge in [0.1, 0.15) is 0 Å². The fraction of sp³-hybridized carbons (Fsp3) is 0.0588. The van der Waals surface area contributed by atoms with E-state index < -0.39 is 10.0 Å². The van der Waals surface area contributed by atoms with Crippen molar-refractivity contribution < 1.29 is 8.42 Å². The van der Waals surface area contributed by atoms with Crippen LogP contribution in [-0.2, 0) is 10.0 Å². The fourth-order valence-corrected chi connectivity index (χ4v) is 3.94. The first kappa shape index (κ1) is 15.1. The van der Waals surface area contributed by atoms with E-state index in [1.165, 1.54) is 0 Å². The van der Waals surface area contributed by atoms with Gasteiger partial charge in [-0.1, -0.05) is 48.0 Å². The molecule has 22 heavy (non-hydrogen) atoms. The summed E-state index contributed by atoms with van der Waals surface area (Å²) in [5, 5.41) is 1.83. The molecule has 3 rings (SSSR count). The number of benzene rings is 3. The Labute approximate surface area is 138 Å². The van der Waals surface area contributed by atoms with Gasteiger partial charge in [-0.25, -0.2) is 8.42 Å². The lowest BCUT2D eigenvalue weighted by Gasteiger charge is -2.13. The van der Waals surface area contributed by atoms with E-state index in [9.17, 15) is 8.42 Å². The van der Waals surface area contributed by atoms with E-state index in [2.05, 4.69) is 20.7 Å². The van der Waals surface area contributed by atoms with Gasteiger partial charge >= 0.3 is 0 Å². The molecule has 0 fully saturated rings. The first-order valence-corrected chi connectivity index (χ1v) is 9.02. The molecule has 1 N–H and O–H groups in total. The first-order valence-electron chi connectivity index (χ1n) is 6.74. The van der Waals surface area contributed by atoms with Gasteiger partial charge in [0.15, 0.2) is 0 Å². The Bertz CT molecular complexity index is 935. The number of hydrogen-bond donors (Lipinski definition) is 1. The third-order valence-corrected chi connectivity index (χ3v) is 5.47. The highest BCUT2D eigenvalue weighted by Gasteiger charge is 2.17. The quantitative estimate of drug-likeness (QED) is 0.720. The summed E-state index contributed by atoms with van der Waals surface area (Å²) >= 11 is 3.43. The van der Waals surface area contributed by atoms with Gasteiger partial charge in [-0.15, -0.1) is 0 Å². The summed E-state index contributed by atoms with van der Waals surface area (Å²) in [5.41, 5.74) is 1.57. The van der Waals surface area contributed by atoms with Crippen molar-refractivity contribution in [1.82, 2.24) is 0 Å². The number of rotatable bonds is 3. The largest absolute Gasteiger partial charge is 0.278 e. The number of sulfonamides is 1.